The normalized spacial score (nSPS) is 20.2. The highest BCUT2D eigenvalue weighted by Crippen LogP contribution is 2.18. The van der Waals surface area contributed by atoms with E-state index in [4.69, 9.17) is 4.74 Å². The Labute approximate surface area is 95.6 Å². The number of Topliss-reactive ketones (excluding diaryl/α,β-unsaturated/α-hetero) is 1. The van der Waals surface area contributed by atoms with Crippen LogP contribution in [0.2, 0.25) is 0 Å². The molecule has 1 saturated heterocycles. The summed E-state index contributed by atoms with van der Waals surface area (Å²) < 4.78 is 7.16. The standard InChI is InChI=1S/C12H18N2O2/c1-9-8-11(14(2)13-9)12(15)6-5-10-4-3-7-16-10/h8,10H,3-7H2,1-2H3. The van der Waals surface area contributed by atoms with E-state index >= 15 is 0 Å². The van der Waals surface area contributed by atoms with E-state index in [-0.39, 0.29) is 5.78 Å². The topological polar surface area (TPSA) is 44.1 Å². The fourth-order valence-corrected chi connectivity index (χ4v) is 2.16. The maximum absolute atomic E-state index is 11.9. The van der Waals surface area contributed by atoms with E-state index in [1.54, 1.807) is 4.68 Å². The number of rotatable bonds is 4. The number of aryl methyl sites for hydroxylation is 2. The van der Waals surface area contributed by atoms with Crippen LogP contribution < -0.4 is 0 Å². The van der Waals surface area contributed by atoms with Gasteiger partial charge in [0.2, 0.25) is 0 Å². The number of ketones is 1. The molecule has 0 aromatic carbocycles. The lowest BCUT2D eigenvalue weighted by atomic mass is 10.1. The fraction of sp³-hybridized carbons (Fsp3) is 0.667. The second-order valence-corrected chi connectivity index (χ2v) is 4.39. The molecule has 1 aliphatic rings. The summed E-state index contributed by atoms with van der Waals surface area (Å²) in [6.45, 7) is 2.75. The average molecular weight is 222 g/mol. The van der Waals surface area contributed by atoms with Gasteiger partial charge in [0.05, 0.1) is 11.8 Å². The molecular formula is C12H18N2O2. The zero-order valence-electron chi connectivity index (χ0n) is 9.90. The summed E-state index contributed by atoms with van der Waals surface area (Å²) in [5, 5.41) is 4.18. The number of hydrogen-bond donors (Lipinski definition) is 0. The third-order valence-corrected chi connectivity index (χ3v) is 3.01. The summed E-state index contributed by atoms with van der Waals surface area (Å²) in [6, 6.07) is 1.85. The number of carbonyl (C=O) groups excluding carboxylic acids is 1. The van der Waals surface area contributed by atoms with Gasteiger partial charge in [-0.1, -0.05) is 0 Å². The lowest BCUT2D eigenvalue weighted by Crippen LogP contribution is -2.11. The largest absolute Gasteiger partial charge is 0.378 e. The van der Waals surface area contributed by atoms with Crippen LogP contribution in [0.1, 0.15) is 41.9 Å². The molecule has 0 aliphatic carbocycles. The molecule has 2 rings (SSSR count). The Hall–Kier alpha value is -1.16. The lowest BCUT2D eigenvalue weighted by Gasteiger charge is -2.07. The Balaban J connectivity index is 1.90. The third kappa shape index (κ3) is 2.50. The van der Waals surface area contributed by atoms with Gasteiger partial charge in [-0.25, -0.2) is 0 Å². The zero-order valence-corrected chi connectivity index (χ0v) is 9.90. The molecule has 0 spiro atoms. The summed E-state index contributed by atoms with van der Waals surface area (Å²) in [5.41, 5.74) is 1.60. The molecule has 16 heavy (non-hydrogen) atoms. The number of ether oxygens (including phenoxy) is 1. The Morgan fingerprint density at radius 3 is 3.06 bits per heavy atom. The van der Waals surface area contributed by atoms with E-state index in [0.29, 0.717) is 18.2 Å². The molecule has 1 aliphatic heterocycles. The first-order valence-electron chi connectivity index (χ1n) is 5.82. The van der Waals surface area contributed by atoms with Crippen molar-refractivity contribution >= 4 is 5.78 Å². The Bertz CT molecular complexity index is 378. The van der Waals surface area contributed by atoms with Crippen molar-refractivity contribution in [1.29, 1.82) is 0 Å². The molecule has 0 radical (unpaired) electrons. The van der Waals surface area contributed by atoms with Crippen molar-refractivity contribution in [3.05, 3.63) is 17.5 Å². The van der Waals surface area contributed by atoms with Crippen LogP contribution in [0.5, 0.6) is 0 Å². The molecule has 4 heteroatoms. The number of carbonyl (C=O) groups is 1. The van der Waals surface area contributed by atoms with Crippen LogP contribution >= 0.6 is 0 Å². The smallest absolute Gasteiger partial charge is 0.180 e. The molecule has 4 nitrogen and oxygen atoms in total. The van der Waals surface area contributed by atoms with Crippen LogP contribution in [-0.4, -0.2) is 28.3 Å². The van der Waals surface area contributed by atoms with Crippen LogP contribution in [0, 0.1) is 6.92 Å². The van der Waals surface area contributed by atoms with Crippen LogP contribution in [0.25, 0.3) is 0 Å². The van der Waals surface area contributed by atoms with Gasteiger partial charge in [-0.15, -0.1) is 0 Å². The molecule has 0 N–H and O–H groups in total. The van der Waals surface area contributed by atoms with E-state index in [1.807, 2.05) is 20.0 Å². The van der Waals surface area contributed by atoms with Crippen molar-refractivity contribution in [2.45, 2.75) is 38.7 Å². The minimum Gasteiger partial charge on any atom is -0.378 e. The van der Waals surface area contributed by atoms with Crippen LogP contribution in [0.4, 0.5) is 0 Å². The molecule has 0 saturated carbocycles. The SMILES string of the molecule is Cc1cc(C(=O)CCC2CCCO2)n(C)n1. The van der Waals surface area contributed by atoms with Gasteiger partial charge in [-0.3, -0.25) is 9.48 Å². The van der Waals surface area contributed by atoms with E-state index in [2.05, 4.69) is 5.10 Å². The van der Waals surface area contributed by atoms with Gasteiger partial charge in [0, 0.05) is 20.1 Å². The van der Waals surface area contributed by atoms with Crippen molar-refractivity contribution in [2.75, 3.05) is 6.61 Å². The van der Waals surface area contributed by atoms with Gasteiger partial charge in [0.1, 0.15) is 5.69 Å². The van der Waals surface area contributed by atoms with Gasteiger partial charge in [0.25, 0.3) is 0 Å². The van der Waals surface area contributed by atoms with E-state index in [9.17, 15) is 4.79 Å². The molecule has 1 aromatic heterocycles. The van der Waals surface area contributed by atoms with E-state index in [1.165, 1.54) is 0 Å². The minimum absolute atomic E-state index is 0.165. The van der Waals surface area contributed by atoms with Gasteiger partial charge in [-0.05, 0) is 32.3 Å². The summed E-state index contributed by atoms with van der Waals surface area (Å²) in [4.78, 5) is 11.9. The predicted molar refractivity (Wildman–Crippen MR) is 60.5 cm³/mol. The first-order chi connectivity index (χ1) is 7.66. The Morgan fingerprint density at radius 2 is 2.50 bits per heavy atom. The maximum atomic E-state index is 11.9. The van der Waals surface area contributed by atoms with Gasteiger partial charge >= 0.3 is 0 Å². The highest BCUT2D eigenvalue weighted by Gasteiger charge is 2.18. The van der Waals surface area contributed by atoms with Crippen LogP contribution in [0.15, 0.2) is 6.07 Å². The molecule has 0 amide bonds. The molecule has 1 atom stereocenters. The van der Waals surface area contributed by atoms with Gasteiger partial charge < -0.3 is 4.74 Å². The van der Waals surface area contributed by atoms with Crippen LogP contribution in [0.3, 0.4) is 0 Å². The van der Waals surface area contributed by atoms with Gasteiger partial charge in [-0.2, -0.15) is 5.10 Å². The molecule has 1 aromatic rings. The second kappa shape index (κ2) is 4.78. The molecule has 2 heterocycles. The molecule has 1 fully saturated rings. The summed E-state index contributed by atoms with van der Waals surface area (Å²) in [7, 11) is 1.81. The van der Waals surface area contributed by atoms with E-state index < -0.39 is 0 Å². The van der Waals surface area contributed by atoms with Crippen LogP contribution in [-0.2, 0) is 11.8 Å². The molecule has 88 valence electrons. The minimum atomic E-state index is 0.165. The van der Waals surface area contributed by atoms with Crippen molar-refractivity contribution in [3.8, 4) is 0 Å². The number of nitrogens with zero attached hydrogens (tertiary/aromatic N) is 2. The molecular weight excluding hydrogens is 204 g/mol. The van der Waals surface area contributed by atoms with Crippen molar-refractivity contribution in [1.82, 2.24) is 9.78 Å². The Morgan fingerprint density at radius 1 is 1.69 bits per heavy atom. The molecule has 0 bridgehead atoms. The monoisotopic (exact) mass is 222 g/mol. The maximum Gasteiger partial charge on any atom is 0.180 e. The zero-order chi connectivity index (χ0) is 11.5. The highest BCUT2D eigenvalue weighted by atomic mass is 16.5. The van der Waals surface area contributed by atoms with Crippen molar-refractivity contribution in [3.63, 3.8) is 0 Å². The number of hydrogen-bond acceptors (Lipinski definition) is 3. The quantitative estimate of drug-likeness (QED) is 0.730. The first-order valence-corrected chi connectivity index (χ1v) is 5.82. The van der Waals surface area contributed by atoms with Crippen molar-refractivity contribution < 1.29 is 9.53 Å². The van der Waals surface area contributed by atoms with Crippen molar-refractivity contribution in [2.24, 2.45) is 7.05 Å². The third-order valence-electron chi connectivity index (χ3n) is 3.01. The second-order valence-electron chi connectivity index (χ2n) is 4.39. The number of aromatic nitrogens is 2. The average Bonchev–Trinajstić information content (AvgIpc) is 2.84. The summed E-state index contributed by atoms with van der Waals surface area (Å²) in [6.07, 6.45) is 3.91. The lowest BCUT2D eigenvalue weighted by molar-refractivity contribution is 0.0853. The molecule has 1 unspecified atom stereocenters. The summed E-state index contributed by atoms with van der Waals surface area (Å²) >= 11 is 0. The Kier molecular flexibility index (Phi) is 3.39. The van der Waals surface area contributed by atoms with Gasteiger partial charge in [0.15, 0.2) is 5.78 Å². The summed E-state index contributed by atoms with van der Waals surface area (Å²) in [5.74, 6) is 0.165. The fourth-order valence-electron chi connectivity index (χ4n) is 2.16. The van der Waals surface area contributed by atoms with E-state index in [0.717, 1.165) is 31.6 Å². The predicted octanol–water partition coefficient (Wildman–Crippen LogP) is 1.87. The first kappa shape index (κ1) is 11.3. The highest BCUT2D eigenvalue weighted by molar-refractivity contribution is 5.94.